The second-order valence-electron chi connectivity index (χ2n) is 6.57. The highest BCUT2D eigenvalue weighted by Gasteiger charge is 2.68. The molecule has 0 saturated carbocycles. The Bertz CT molecular complexity index is 870. The number of rotatable bonds is 3. The van der Waals surface area contributed by atoms with Crippen LogP contribution in [0.4, 0.5) is 18.9 Å². The van der Waals surface area contributed by atoms with Gasteiger partial charge < -0.3 is 10.1 Å². The normalized spacial score (nSPS) is 31.6. The summed E-state index contributed by atoms with van der Waals surface area (Å²) in [6, 6.07) is 6.53. The molecule has 0 aliphatic carbocycles. The second kappa shape index (κ2) is 5.90. The molecule has 2 saturated heterocycles. The zero-order valence-corrected chi connectivity index (χ0v) is 15.1. The van der Waals surface area contributed by atoms with Crippen molar-refractivity contribution in [2.45, 2.75) is 17.9 Å². The third-order valence-electron chi connectivity index (χ3n) is 5.02. The van der Waals surface area contributed by atoms with E-state index >= 15 is 0 Å². The average molecular weight is 445 g/mol. The molecule has 27 heavy (non-hydrogen) atoms. The Kier molecular flexibility index (Phi) is 3.97. The zero-order chi connectivity index (χ0) is 19.6. The monoisotopic (exact) mass is 444 g/mol. The number of imide groups is 1. The fourth-order valence-electron chi connectivity index (χ4n) is 3.87. The minimum Gasteiger partial charge on any atom is -0.360 e. The zero-order valence-electron chi connectivity index (χ0n) is 13.5. The summed E-state index contributed by atoms with van der Waals surface area (Å²) in [6.45, 7) is -0.549. The number of hydrogen-bond acceptors (Lipinski definition) is 4. The molecule has 142 valence electrons. The number of amides is 3. The molecule has 1 aromatic rings. The van der Waals surface area contributed by atoms with E-state index in [1.54, 1.807) is 35.7 Å². The van der Waals surface area contributed by atoms with Crippen LogP contribution in [0.15, 0.2) is 40.9 Å². The first-order chi connectivity index (χ1) is 12.6. The lowest BCUT2D eigenvalue weighted by Gasteiger charge is -2.29. The predicted octanol–water partition coefficient (Wildman–Crippen LogP) is 1.94. The summed E-state index contributed by atoms with van der Waals surface area (Å²) in [7, 11) is 0. The third-order valence-corrected chi connectivity index (χ3v) is 5.55. The average Bonchev–Trinajstić information content (AvgIpc) is 3.24. The minimum atomic E-state index is -5.05. The smallest absolute Gasteiger partial charge is 0.360 e. The van der Waals surface area contributed by atoms with E-state index in [0.29, 0.717) is 5.69 Å². The van der Waals surface area contributed by atoms with Crippen LogP contribution in [0.25, 0.3) is 0 Å². The van der Waals surface area contributed by atoms with E-state index in [0.717, 1.165) is 9.37 Å². The largest absolute Gasteiger partial charge is 0.471 e. The first kappa shape index (κ1) is 18.2. The minimum absolute atomic E-state index is 0.372. The van der Waals surface area contributed by atoms with Crippen LogP contribution in [0.1, 0.15) is 0 Å². The highest BCUT2D eigenvalue weighted by molar-refractivity contribution is 9.10. The van der Waals surface area contributed by atoms with Gasteiger partial charge in [-0.05, 0) is 24.3 Å². The van der Waals surface area contributed by atoms with Crippen molar-refractivity contribution in [3.05, 3.63) is 40.9 Å². The molecule has 2 bridgehead atoms. The standard InChI is InChI=1S/C17H12BrF3N2O4/c18-8-1-3-9(4-2-8)23-13(24)11-10-5-6-16(27-10,12(11)14(23)25)7-22-15(26)17(19,20)21/h1-6,10-12H,7H2,(H,22,26)/t10-,11-,12+,16+/m1/s1. The summed E-state index contributed by atoms with van der Waals surface area (Å²) in [5, 5.41) is 1.76. The van der Waals surface area contributed by atoms with Crippen LogP contribution in [0.2, 0.25) is 0 Å². The SMILES string of the molecule is O=C1[C@H]2[C@@H](C(=O)N1c1ccc(Br)cc1)[C@@]1(CNC(=O)C(F)(F)F)C=C[C@H]2O1. The summed E-state index contributed by atoms with van der Waals surface area (Å²) in [4.78, 5) is 38.0. The summed E-state index contributed by atoms with van der Waals surface area (Å²) in [5.41, 5.74) is -1.09. The van der Waals surface area contributed by atoms with Crippen molar-refractivity contribution < 1.29 is 32.3 Å². The molecular formula is C17H12BrF3N2O4. The molecule has 1 N–H and O–H groups in total. The number of carbonyl (C=O) groups is 3. The van der Waals surface area contributed by atoms with E-state index in [2.05, 4.69) is 15.9 Å². The fourth-order valence-corrected chi connectivity index (χ4v) is 4.13. The summed E-state index contributed by atoms with van der Waals surface area (Å²) < 4.78 is 43.9. The fraction of sp³-hybridized carbons (Fsp3) is 0.353. The molecule has 0 unspecified atom stereocenters. The number of ether oxygens (including phenoxy) is 1. The molecule has 3 aliphatic rings. The summed E-state index contributed by atoms with van der Waals surface area (Å²) >= 11 is 3.27. The van der Waals surface area contributed by atoms with Gasteiger partial charge in [-0.25, -0.2) is 4.90 Å². The van der Waals surface area contributed by atoms with Gasteiger partial charge in [-0.1, -0.05) is 28.1 Å². The van der Waals surface area contributed by atoms with Gasteiger partial charge >= 0.3 is 12.1 Å². The first-order valence-electron chi connectivity index (χ1n) is 8.00. The van der Waals surface area contributed by atoms with E-state index in [9.17, 15) is 27.6 Å². The van der Waals surface area contributed by atoms with Gasteiger partial charge in [0, 0.05) is 4.47 Å². The summed E-state index contributed by atoms with van der Waals surface area (Å²) in [6.07, 6.45) is -2.74. The van der Waals surface area contributed by atoms with Crippen molar-refractivity contribution in [2.75, 3.05) is 11.4 Å². The first-order valence-corrected chi connectivity index (χ1v) is 8.79. The molecule has 3 heterocycles. The quantitative estimate of drug-likeness (QED) is 0.570. The van der Waals surface area contributed by atoms with Crippen molar-refractivity contribution in [3.63, 3.8) is 0 Å². The molecular weight excluding hydrogens is 433 g/mol. The molecule has 4 atom stereocenters. The number of carbonyl (C=O) groups excluding carboxylic acids is 3. The van der Waals surface area contributed by atoms with Crippen LogP contribution in [0.3, 0.4) is 0 Å². The Hall–Kier alpha value is -2.20. The molecule has 6 nitrogen and oxygen atoms in total. The van der Waals surface area contributed by atoms with Gasteiger partial charge in [-0.2, -0.15) is 13.2 Å². The maximum Gasteiger partial charge on any atom is 0.471 e. The number of nitrogens with one attached hydrogen (secondary N) is 1. The van der Waals surface area contributed by atoms with E-state index in [4.69, 9.17) is 4.74 Å². The lowest BCUT2D eigenvalue weighted by molar-refractivity contribution is -0.174. The Morgan fingerprint density at radius 3 is 2.52 bits per heavy atom. The van der Waals surface area contributed by atoms with Gasteiger partial charge in [0.05, 0.1) is 30.2 Å². The van der Waals surface area contributed by atoms with Gasteiger partial charge in [-0.3, -0.25) is 14.4 Å². The van der Waals surface area contributed by atoms with Crippen molar-refractivity contribution in [3.8, 4) is 0 Å². The second-order valence-corrected chi connectivity index (χ2v) is 7.48. The van der Waals surface area contributed by atoms with Gasteiger partial charge in [0.1, 0.15) is 5.60 Å². The molecule has 10 heteroatoms. The van der Waals surface area contributed by atoms with Crippen LogP contribution in [-0.2, 0) is 19.1 Å². The van der Waals surface area contributed by atoms with Gasteiger partial charge in [0.15, 0.2) is 0 Å². The maximum atomic E-state index is 13.0. The number of benzene rings is 1. The van der Waals surface area contributed by atoms with Gasteiger partial charge in [-0.15, -0.1) is 0 Å². The highest BCUT2D eigenvalue weighted by atomic mass is 79.9. The van der Waals surface area contributed by atoms with Gasteiger partial charge in [0.2, 0.25) is 11.8 Å². The Labute approximate surface area is 159 Å². The number of anilines is 1. The van der Waals surface area contributed by atoms with E-state index in [1.807, 2.05) is 0 Å². The summed E-state index contributed by atoms with van der Waals surface area (Å²) in [5.74, 6) is -4.96. The number of hydrogen-bond donors (Lipinski definition) is 1. The Morgan fingerprint density at radius 2 is 1.89 bits per heavy atom. The number of fused-ring (bicyclic) bond motifs is 5. The molecule has 0 spiro atoms. The van der Waals surface area contributed by atoms with Crippen molar-refractivity contribution in [1.82, 2.24) is 5.32 Å². The molecule has 1 aromatic carbocycles. The van der Waals surface area contributed by atoms with Crippen molar-refractivity contribution >= 4 is 39.3 Å². The molecule has 2 fully saturated rings. The van der Waals surface area contributed by atoms with Gasteiger partial charge in [0.25, 0.3) is 0 Å². The Morgan fingerprint density at radius 1 is 1.22 bits per heavy atom. The van der Waals surface area contributed by atoms with Crippen molar-refractivity contribution in [2.24, 2.45) is 11.8 Å². The topological polar surface area (TPSA) is 75.7 Å². The van der Waals surface area contributed by atoms with E-state index in [1.165, 1.54) is 6.08 Å². The van der Waals surface area contributed by atoms with Crippen LogP contribution in [-0.4, -0.2) is 42.1 Å². The van der Waals surface area contributed by atoms with E-state index < -0.39 is 54.0 Å². The third kappa shape index (κ3) is 2.69. The number of nitrogens with zero attached hydrogens (tertiary/aromatic N) is 1. The molecule has 0 aromatic heterocycles. The number of alkyl halides is 3. The van der Waals surface area contributed by atoms with Crippen LogP contribution in [0, 0.1) is 11.8 Å². The van der Waals surface area contributed by atoms with Crippen LogP contribution in [0.5, 0.6) is 0 Å². The molecule has 4 rings (SSSR count). The molecule has 3 amide bonds. The predicted molar refractivity (Wildman–Crippen MR) is 89.4 cm³/mol. The van der Waals surface area contributed by atoms with Crippen molar-refractivity contribution in [1.29, 1.82) is 0 Å². The lowest BCUT2D eigenvalue weighted by Crippen LogP contribution is -2.51. The van der Waals surface area contributed by atoms with E-state index in [-0.39, 0.29) is 0 Å². The maximum absolute atomic E-state index is 13.0. The lowest BCUT2D eigenvalue weighted by atomic mass is 9.77. The molecule has 0 radical (unpaired) electrons. The highest BCUT2D eigenvalue weighted by Crippen LogP contribution is 2.52. The van der Waals surface area contributed by atoms with Crippen LogP contribution >= 0.6 is 15.9 Å². The number of halogens is 4. The molecule has 3 aliphatic heterocycles. The van der Waals surface area contributed by atoms with Crippen LogP contribution < -0.4 is 10.2 Å². The Balaban J connectivity index is 1.62.